The Kier molecular flexibility index (Phi) is 3.61. The van der Waals surface area contributed by atoms with Gasteiger partial charge in [-0.25, -0.2) is 4.98 Å². The standard InChI is InChI=1S/C16H16ClN3O3/c17-12-7-10(8-13-15(12)23-6-5-22-13)16(21)19-11-1-2-14-18-3-4-20(14)9-11/h3-4,7-8,11H,1-2,5-6,9H2,(H,19,21)/t11-/m0/s1. The van der Waals surface area contributed by atoms with Gasteiger partial charge in [-0.05, 0) is 18.6 Å². The number of amides is 1. The predicted molar refractivity (Wildman–Crippen MR) is 84.2 cm³/mol. The number of halogens is 1. The average Bonchev–Trinajstić information content (AvgIpc) is 3.02. The third-order valence-corrected chi connectivity index (χ3v) is 4.41. The first kappa shape index (κ1) is 14.4. The van der Waals surface area contributed by atoms with E-state index in [2.05, 4.69) is 14.9 Å². The van der Waals surface area contributed by atoms with Crippen LogP contribution in [-0.2, 0) is 13.0 Å². The predicted octanol–water partition coefficient (Wildman–Crippen LogP) is 2.05. The number of rotatable bonds is 2. The Hall–Kier alpha value is -2.21. The molecule has 1 aromatic carbocycles. The first-order chi connectivity index (χ1) is 11.2. The molecule has 1 atom stereocenters. The lowest BCUT2D eigenvalue weighted by Crippen LogP contribution is -2.40. The molecule has 0 saturated carbocycles. The summed E-state index contributed by atoms with van der Waals surface area (Å²) in [5.41, 5.74) is 0.482. The number of imidazole rings is 1. The zero-order chi connectivity index (χ0) is 15.8. The first-order valence-electron chi connectivity index (χ1n) is 7.61. The van der Waals surface area contributed by atoms with E-state index in [-0.39, 0.29) is 11.9 Å². The third kappa shape index (κ3) is 2.74. The molecule has 0 spiro atoms. The van der Waals surface area contributed by atoms with Gasteiger partial charge in [0.25, 0.3) is 5.91 Å². The number of aryl methyl sites for hydroxylation is 1. The second-order valence-corrected chi connectivity index (χ2v) is 6.09. The second kappa shape index (κ2) is 5.77. The largest absolute Gasteiger partial charge is 0.486 e. The molecule has 1 N–H and O–H groups in total. The fourth-order valence-corrected chi connectivity index (χ4v) is 3.26. The molecule has 1 amide bonds. The Morgan fingerprint density at radius 1 is 1.35 bits per heavy atom. The number of aromatic nitrogens is 2. The molecular weight excluding hydrogens is 318 g/mol. The molecule has 120 valence electrons. The number of fused-ring (bicyclic) bond motifs is 2. The second-order valence-electron chi connectivity index (χ2n) is 5.69. The monoisotopic (exact) mass is 333 g/mol. The maximum Gasteiger partial charge on any atom is 0.251 e. The highest BCUT2D eigenvalue weighted by Gasteiger charge is 2.23. The molecule has 0 saturated heterocycles. The zero-order valence-electron chi connectivity index (χ0n) is 12.4. The molecule has 0 fully saturated rings. The van der Waals surface area contributed by atoms with Gasteiger partial charge in [0.2, 0.25) is 0 Å². The minimum Gasteiger partial charge on any atom is -0.486 e. The van der Waals surface area contributed by atoms with Crippen LogP contribution in [0.3, 0.4) is 0 Å². The van der Waals surface area contributed by atoms with Crippen LogP contribution in [0, 0.1) is 0 Å². The molecule has 2 aromatic rings. The van der Waals surface area contributed by atoms with Crippen LogP contribution in [0.2, 0.25) is 5.02 Å². The molecule has 1 aromatic heterocycles. The molecule has 0 aliphatic carbocycles. The van der Waals surface area contributed by atoms with E-state index < -0.39 is 0 Å². The molecule has 4 rings (SSSR count). The number of carbonyl (C=O) groups is 1. The highest BCUT2D eigenvalue weighted by atomic mass is 35.5. The maximum atomic E-state index is 12.5. The summed E-state index contributed by atoms with van der Waals surface area (Å²) >= 11 is 6.19. The molecular formula is C16H16ClN3O3. The Balaban J connectivity index is 1.50. The summed E-state index contributed by atoms with van der Waals surface area (Å²) in [4.78, 5) is 16.8. The number of benzene rings is 1. The summed E-state index contributed by atoms with van der Waals surface area (Å²) in [7, 11) is 0. The summed E-state index contributed by atoms with van der Waals surface area (Å²) < 4.78 is 13.1. The van der Waals surface area contributed by atoms with Crippen LogP contribution in [0.5, 0.6) is 11.5 Å². The van der Waals surface area contributed by atoms with Gasteiger partial charge in [0.15, 0.2) is 11.5 Å². The van der Waals surface area contributed by atoms with E-state index in [9.17, 15) is 4.79 Å². The molecule has 3 heterocycles. The third-order valence-electron chi connectivity index (χ3n) is 4.13. The Bertz CT molecular complexity index is 759. The van der Waals surface area contributed by atoms with Gasteiger partial charge in [0.1, 0.15) is 19.0 Å². The topological polar surface area (TPSA) is 65.4 Å². The van der Waals surface area contributed by atoms with Crippen LogP contribution < -0.4 is 14.8 Å². The van der Waals surface area contributed by atoms with Gasteiger partial charge in [-0.3, -0.25) is 4.79 Å². The summed E-state index contributed by atoms with van der Waals surface area (Å²) in [5.74, 6) is 1.94. The minimum atomic E-state index is -0.155. The van der Waals surface area contributed by atoms with E-state index in [1.807, 2.05) is 6.20 Å². The SMILES string of the molecule is O=C(N[C@H]1CCc2nccn2C1)c1cc(Cl)c2c(c1)OCCO2. The normalized spacial score (nSPS) is 19.1. The van der Waals surface area contributed by atoms with Gasteiger partial charge in [0, 0.05) is 37.0 Å². The summed E-state index contributed by atoms with van der Waals surface area (Å²) in [6.45, 7) is 1.66. The molecule has 0 radical (unpaired) electrons. The van der Waals surface area contributed by atoms with Crippen molar-refractivity contribution in [2.45, 2.75) is 25.4 Å². The molecule has 2 aliphatic rings. The highest BCUT2D eigenvalue weighted by molar-refractivity contribution is 6.32. The van der Waals surface area contributed by atoms with Crippen molar-refractivity contribution in [3.8, 4) is 11.5 Å². The van der Waals surface area contributed by atoms with Crippen LogP contribution in [-0.4, -0.2) is 34.7 Å². The Morgan fingerprint density at radius 2 is 2.22 bits per heavy atom. The lowest BCUT2D eigenvalue weighted by atomic mass is 10.1. The van der Waals surface area contributed by atoms with Crippen molar-refractivity contribution in [1.82, 2.24) is 14.9 Å². The summed E-state index contributed by atoms with van der Waals surface area (Å²) in [6, 6.07) is 3.38. The molecule has 0 bridgehead atoms. The zero-order valence-corrected chi connectivity index (χ0v) is 13.2. The van der Waals surface area contributed by atoms with Gasteiger partial charge >= 0.3 is 0 Å². The van der Waals surface area contributed by atoms with Crippen molar-refractivity contribution in [2.24, 2.45) is 0 Å². The van der Waals surface area contributed by atoms with E-state index in [1.165, 1.54) is 0 Å². The lowest BCUT2D eigenvalue weighted by Gasteiger charge is -2.25. The molecule has 23 heavy (non-hydrogen) atoms. The number of hydrogen-bond acceptors (Lipinski definition) is 4. The van der Waals surface area contributed by atoms with Crippen molar-refractivity contribution in [3.05, 3.63) is 40.9 Å². The molecule has 2 aliphatic heterocycles. The number of ether oxygens (including phenoxy) is 2. The smallest absolute Gasteiger partial charge is 0.251 e. The summed E-state index contributed by atoms with van der Waals surface area (Å²) in [5, 5.41) is 3.45. The van der Waals surface area contributed by atoms with Crippen molar-refractivity contribution in [3.63, 3.8) is 0 Å². The van der Waals surface area contributed by atoms with E-state index in [4.69, 9.17) is 21.1 Å². The van der Waals surface area contributed by atoms with Crippen LogP contribution in [0.4, 0.5) is 0 Å². The number of nitrogens with one attached hydrogen (secondary N) is 1. The van der Waals surface area contributed by atoms with Crippen molar-refractivity contribution >= 4 is 17.5 Å². The van der Waals surface area contributed by atoms with E-state index >= 15 is 0 Å². The van der Waals surface area contributed by atoms with Gasteiger partial charge < -0.3 is 19.4 Å². The molecule has 6 nitrogen and oxygen atoms in total. The number of nitrogens with zero attached hydrogens (tertiary/aromatic N) is 2. The van der Waals surface area contributed by atoms with Gasteiger partial charge in [-0.15, -0.1) is 0 Å². The average molecular weight is 334 g/mol. The Morgan fingerprint density at radius 3 is 3.13 bits per heavy atom. The maximum absolute atomic E-state index is 12.5. The fourth-order valence-electron chi connectivity index (χ4n) is 2.99. The number of carbonyl (C=O) groups excluding carboxylic acids is 1. The van der Waals surface area contributed by atoms with Crippen LogP contribution in [0.15, 0.2) is 24.5 Å². The Labute approximate surface area is 138 Å². The first-order valence-corrected chi connectivity index (χ1v) is 7.98. The van der Waals surface area contributed by atoms with Gasteiger partial charge in [-0.1, -0.05) is 11.6 Å². The highest BCUT2D eigenvalue weighted by Crippen LogP contribution is 2.38. The fraction of sp³-hybridized carbons (Fsp3) is 0.375. The van der Waals surface area contributed by atoms with E-state index in [0.717, 1.165) is 25.2 Å². The molecule has 0 unspecified atom stereocenters. The van der Waals surface area contributed by atoms with Crippen LogP contribution in [0.25, 0.3) is 0 Å². The summed E-state index contributed by atoms with van der Waals surface area (Å²) in [6.07, 6.45) is 5.47. The number of hydrogen-bond donors (Lipinski definition) is 1. The van der Waals surface area contributed by atoms with Crippen LogP contribution >= 0.6 is 11.6 Å². The minimum absolute atomic E-state index is 0.0798. The van der Waals surface area contributed by atoms with Gasteiger partial charge in [-0.2, -0.15) is 0 Å². The van der Waals surface area contributed by atoms with Gasteiger partial charge in [0.05, 0.1) is 5.02 Å². The van der Waals surface area contributed by atoms with E-state index in [0.29, 0.717) is 35.3 Å². The van der Waals surface area contributed by atoms with Crippen molar-refractivity contribution in [2.75, 3.05) is 13.2 Å². The van der Waals surface area contributed by atoms with Crippen molar-refractivity contribution in [1.29, 1.82) is 0 Å². The quantitative estimate of drug-likeness (QED) is 0.913. The lowest BCUT2D eigenvalue weighted by molar-refractivity contribution is 0.0926. The molecule has 7 heteroatoms. The van der Waals surface area contributed by atoms with E-state index in [1.54, 1.807) is 18.3 Å². The van der Waals surface area contributed by atoms with Crippen LogP contribution in [0.1, 0.15) is 22.6 Å². The van der Waals surface area contributed by atoms with Crippen molar-refractivity contribution < 1.29 is 14.3 Å².